The van der Waals surface area contributed by atoms with Crippen molar-refractivity contribution in [2.75, 3.05) is 18.1 Å². The molecule has 0 saturated carbocycles. The molecule has 2 aliphatic rings. The van der Waals surface area contributed by atoms with Crippen molar-refractivity contribution in [2.24, 2.45) is 12.2 Å². The molecule has 42 heavy (non-hydrogen) atoms. The number of phenolic OH excluding ortho intramolecular Hbond substituents is 1. The Hall–Kier alpha value is -4.63. The number of aromatic hydroxyl groups is 1. The van der Waals surface area contributed by atoms with E-state index in [1.165, 1.54) is 45.2 Å². The number of β-lactam (4-membered cyclic amide) rings is 1. The Morgan fingerprint density at radius 1 is 1.24 bits per heavy atom. The topological polar surface area (TPSA) is 172 Å². The predicted octanol–water partition coefficient (Wildman–Crippen LogP) is 1.88. The van der Waals surface area contributed by atoms with Crippen LogP contribution in [0.1, 0.15) is 11.1 Å². The van der Waals surface area contributed by atoms with Crippen LogP contribution in [0.3, 0.4) is 0 Å². The zero-order chi connectivity index (χ0) is 29.6. The minimum atomic E-state index is -1.23. The van der Waals surface area contributed by atoms with E-state index in [1.54, 1.807) is 25.3 Å². The highest BCUT2D eigenvalue weighted by Gasteiger charge is 2.54. The minimum absolute atomic E-state index is 0.0665. The quantitative estimate of drug-likeness (QED) is 0.0955. The lowest BCUT2D eigenvalue weighted by atomic mass is 10.0. The maximum absolute atomic E-state index is 13.4. The van der Waals surface area contributed by atoms with Gasteiger partial charge in [-0.25, -0.2) is 9.48 Å². The van der Waals surface area contributed by atoms with Crippen molar-refractivity contribution >= 4 is 53.1 Å². The Balaban J connectivity index is 1.29. The summed E-state index contributed by atoms with van der Waals surface area (Å²) >= 11 is 2.61. The molecule has 3 N–H and O–H groups in total. The van der Waals surface area contributed by atoms with Gasteiger partial charge >= 0.3 is 5.97 Å². The number of aryl methyl sites for hydroxylation is 1. The number of fused-ring (bicyclic) bond motifs is 1. The summed E-state index contributed by atoms with van der Waals surface area (Å²) in [5, 5.41) is 37.7. The highest BCUT2D eigenvalue weighted by atomic mass is 32.2. The van der Waals surface area contributed by atoms with Crippen molar-refractivity contribution in [3.8, 4) is 5.75 Å². The van der Waals surface area contributed by atoms with Gasteiger partial charge in [0.2, 0.25) is 5.16 Å². The van der Waals surface area contributed by atoms with E-state index in [0.29, 0.717) is 16.5 Å². The molecule has 15 heteroatoms. The van der Waals surface area contributed by atoms with Crippen molar-refractivity contribution in [3.63, 3.8) is 0 Å². The number of benzene rings is 2. The molecule has 3 heterocycles. The lowest BCUT2D eigenvalue weighted by Gasteiger charge is -2.49. The van der Waals surface area contributed by atoms with E-state index in [1.807, 2.05) is 36.4 Å². The molecule has 2 atom stereocenters. The highest BCUT2D eigenvalue weighted by Crippen LogP contribution is 2.41. The molecule has 2 amide bonds. The number of amides is 2. The monoisotopic (exact) mass is 607 g/mol. The first-order valence-electron chi connectivity index (χ1n) is 12.6. The van der Waals surface area contributed by atoms with E-state index in [9.17, 15) is 24.6 Å². The lowest BCUT2D eigenvalue weighted by molar-refractivity contribution is -0.150. The third kappa shape index (κ3) is 6.31. The molecule has 1 aromatic heterocycles. The summed E-state index contributed by atoms with van der Waals surface area (Å²) in [5.74, 6) is -1.95. The molecule has 0 aliphatic carbocycles. The molecule has 0 bridgehead atoms. The first-order valence-corrected chi connectivity index (χ1v) is 14.6. The Kier molecular flexibility index (Phi) is 8.88. The molecule has 2 aliphatic heterocycles. The van der Waals surface area contributed by atoms with Crippen molar-refractivity contribution < 1.29 is 29.4 Å². The minimum Gasteiger partial charge on any atom is -0.508 e. The van der Waals surface area contributed by atoms with Crippen molar-refractivity contribution in [1.82, 2.24) is 30.4 Å². The number of thioether (sulfide) groups is 2. The standard InChI is InChI=1S/C27H25N7O6S2/c1-33-27(29-31-32-33)42-15-18-14-41-25-21(24(37)34(25)22(18)26(38)39)28-23(36)20(17-10-5-11-19(35)13-17)30-40-12-6-9-16-7-3-2-4-8-16/h2-11,13,21,25,35H,12,14-15H2,1H3,(H,28,36)(H,38,39)/b9-6+,30-20+. The zero-order valence-electron chi connectivity index (χ0n) is 22.2. The number of phenols is 1. The smallest absolute Gasteiger partial charge is 0.352 e. The average molecular weight is 608 g/mol. The summed E-state index contributed by atoms with van der Waals surface area (Å²) in [4.78, 5) is 45.3. The van der Waals surface area contributed by atoms with E-state index >= 15 is 0 Å². The van der Waals surface area contributed by atoms with Crippen LogP contribution in [0.4, 0.5) is 0 Å². The van der Waals surface area contributed by atoms with Gasteiger partial charge in [-0.1, -0.05) is 65.5 Å². The molecule has 2 aromatic carbocycles. The fraction of sp³-hybridized carbons (Fsp3) is 0.222. The van der Waals surface area contributed by atoms with Crippen LogP contribution < -0.4 is 5.32 Å². The van der Waals surface area contributed by atoms with Crippen LogP contribution in [0.5, 0.6) is 5.75 Å². The van der Waals surface area contributed by atoms with E-state index in [2.05, 4.69) is 26.0 Å². The third-order valence-corrected chi connectivity index (χ3v) is 8.70. The van der Waals surface area contributed by atoms with Crippen LogP contribution in [-0.4, -0.2) is 88.3 Å². The van der Waals surface area contributed by atoms with Gasteiger partial charge in [0.1, 0.15) is 29.5 Å². The molecular weight excluding hydrogens is 582 g/mol. The van der Waals surface area contributed by atoms with Crippen molar-refractivity contribution in [2.45, 2.75) is 16.6 Å². The normalized spacial score (nSPS) is 18.5. The molecular formula is C27H25N7O6S2. The van der Waals surface area contributed by atoms with Gasteiger partial charge in [0.25, 0.3) is 11.8 Å². The van der Waals surface area contributed by atoms with E-state index < -0.39 is 29.2 Å². The largest absolute Gasteiger partial charge is 0.508 e. The number of carboxylic acid groups (broad SMARTS) is 1. The molecule has 0 radical (unpaired) electrons. The summed E-state index contributed by atoms with van der Waals surface area (Å²) in [6.07, 6.45) is 3.58. The SMILES string of the molecule is Cn1nnnc1SCC1=C(C(=O)O)N2C(=O)C(NC(=O)/C(=N/OC/C=C/c3ccccc3)c3cccc(O)c3)C2SC1. The fourth-order valence-corrected chi connectivity index (χ4v) is 6.61. The molecule has 1 fully saturated rings. The number of carbonyl (C=O) groups is 3. The number of carbonyl (C=O) groups excluding carboxylic acids is 2. The van der Waals surface area contributed by atoms with Gasteiger partial charge in [-0.2, -0.15) is 0 Å². The molecule has 5 rings (SSSR count). The van der Waals surface area contributed by atoms with Crippen LogP contribution in [0.25, 0.3) is 6.08 Å². The summed E-state index contributed by atoms with van der Waals surface area (Å²) < 4.78 is 1.47. The second kappa shape index (κ2) is 12.9. The number of carboxylic acids is 1. The molecule has 216 valence electrons. The summed E-state index contributed by atoms with van der Waals surface area (Å²) in [6, 6.07) is 14.5. The van der Waals surface area contributed by atoms with E-state index in [4.69, 9.17) is 4.84 Å². The predicted molar refractivity (Wildman–Crippen MR) is 155 cm³/mol. The Labute approximate surface area is 248 Å². The Morgan fingerprint density at radius 2 is 2.05 bits per heavy atom. The van der Waals surface area contributed by atoms with Gasteiger partial charge in [0, 0.05) is 24.1 Å². The van der Waals surface area contributed by atoms with E-state index in [-0.39, 0.29) is 35.1 Å². The van der Waals surface area contributed by atoms with Crippen molar-refractivity contribution in [3.05, 3.63) is 83.1 Å². The number of hydrogen-bond donors (Lipinski definition) is 3. The van der Waals surface area contributed by atoms with Gasteiger partial charge < -0.3 is 20.4 Å². The lowest BCUT2D eigenvalue weighted by Crippen LogP contribution is -2.71. The maximum Gasteiger partial charge on any atom is 0.352 e. The van der Waals surface area contributed by atoms with Crippen LogP contribution >= 0.6 is 23.5 Å². The Morgan fingerprint density at radius 3 is 2.76 bits per heavy atom. The second-order valence-electron chi connectivity index (χ2n) is 9.09. The van der Waals surface area contributed by atoms with Gasteiger partial charge in [-0.3, -0.25) is 14.5 Å². The van der Waals surface area contributed by atoms with Gasteiger partial charge in [0.15, 0.2) is 5.71 Å². The maximum atomic E-state index is 13.4. The summed E-state index contributed by atoms with van der Waals surface area (Å²) in [7, 11) is 1.67. The van der Waals surface area contributed by atoms with Gasteiger partial charge in [-0.05, 0) is 39.8 Å². The van der Waals surface area contributed by atoms with Crippen LogP contribution in [-0.2, 0) is 26.3 Å². The summed E-state index contributed by atoms with van der Waals surface area (Å²) in [5.41, 5.74) is 1.55. The van der Waals surface area contributed by atoms with Gasteiger partial charge in [-0.15, -0.1) is 16.9 Å². The number of nitrogens with one attached hydrogen (secondary N) is 1. The molecule has 3 aromatic rings. The van der Waals surface area contributed by atoms with Gasteiger partial charge in [0.05, 0.1) is 0 Å². The molecule has 1 saturated heterocycles. The van der Waals surface area contributed by atoms with E-state index in [0.717, 1.165) is 5.56 Å². The molecule has 0 spiro atoms. The number of nitrogens with zero attached hydrogens (tertiary/aromatic N) is 6. The third-order valence-electron chi connectivity index (χ3n) is 6.26. The number of tetrazole rings is 1. The second-order valence-corrected chi connectivity index (χ2v) is 11.1. The fourth-order valence-electron chi connectivity index (χ4n) is 4.27. The number of hydrogen-bond acceptors (Lipinski definition) is 11. The first kappa shape index (κ1) is 28.9. The van der Waals surface area contributed by atoms with Crippen LogP contribution in [0.2, 0.25) is 0 Å². The van der Waals surface area contributed by atoms with Crippen molar-refractivity contribution in [1.29, 1.82) is 0 Å². The molecule has 2 unspecified atom stereocenters. The highest BCUT2D eigenvalue weighted by molar-refractivity contribution is 8.01. The number of aliphatic carboxylic acids is 1. The van der Waals surface area contributed by atoms with Crippen LogP contribution in [0.15, 0.2) is 82.3 Å². The zero-order valence-corrected chi connectivity index (χ0v) is 23.8. The Bertz CT molecular complexity index is 1590. The summed E-state index contributed by atoms with van der Waals surface area (Å²) in [6.45, 7) is 0.0665. The number of oxime groups is 1. The number of aromatic nitrogens is 4. The first-order chi connectivity index (χ1) is 20.3. The number of rotatable bonds is 11. The average Bonchev–Trinajstić information content (AvgIpc) is 3.40. The van der Waals surface area contributed by atoms with Crippen LogP contribution in [0, 0.1) is 0 Å². The molecule has 13 nitrogen and oxygen atoms in total.